The Bertz CT molecular complexity index is 187. The Labute approximate surface area is 106 Å². The Morgan fingerprint density at radius 3 is 2.18 bits per heavy atom. The molecule has 0 aliphatic heterocycles. The van der Waals surface area contributed by atoms with Crippen molar-refractivity contribution in [1.29, 1.82) is 0 Å². The molecule has 17 heavy (non-hydrogen) atoms. The highest BCUT2D eigenvalue weighted by molar-refractivity contribution is 6.18. The van der Waals surface area contributed by atoms with Crippen LogP contribution in [-0.2, 0) is 4.74 Å². The molecule has 0 saturated carbocycles. The molecule has 0 aromatic rings. The third-order valence-corrected chi connectivity index (χ3v) is 3.35. The van der Waals surface area contributed by atoms with Gasteiger partial charge in [-0.25, -0.2) is 0 Å². The van der Waals surface area contributed by atoms with Crippen LogP contribution >= 0.6 is 11.6 Å². The summed E-state index contributed by atoms with van der Waals surface area (Å²) >= 11 is 5.88. The third kappa shape index (κ3) is 7.84. The van der Waals surface area contributed by atoms with Crippen LogP contribution in [0.5, 0.6) is 0 Å². The molecule has 0 aromatic heterocycles. The van der Waals surface area contributed by atoms with E-state index < -0.39 is 12.8 Å². The molecular formula is C11H21ClF3NO. The van der Waals surface area contributed by atoms with Gasteiger partial charge in [-0.05, 0) is 25.8 Å². The Morgan fingerprint density at radius 1 is 1.18 bits per heavy atom. The van der Waals surface area contributed by atoms with Crippen molar-refractivity contribution in [3.8, 4) is 0 Å². The number of halogens is 4. The van der Waals surface area contributed by atoms with Gasteiger partial charge >= 0.3 is 6.18 Å². The van der Waals surface area contributed by atoms with E-state index in [9.17, 15) is 13.2 Å². The molecule has 0 amide bonds. The molecule has 0 atom stereocenters. The molecule has 0 spiro atoms. The van der Waals surface area contributed by atoms with Crippen molar-refractivity contribution in [1.82, 2.24) is 5.32 Å². The van der Waals surface area contributed by atoms with Gasteiger partial charge < -0.3 is 10.1 Å². The maximum Gasteiger partial charge on any atom is 0.411 e. The molecule has 0 saturated heterocycles. The van der Waals surface area contributed by atoms with E-state index in [1.807, 2.05) is 13.8 Å². The molecule has 0 fully saturated rings. The monoisotopic (exact) mass is 275 g/mol. The summed E-state index contributed by atoms with van der Waals surface area (Å²) in [5, 5.41) is 3.29. The van der Waals surface area contributed by atoms with Crippen LogP contribution in [0, 0.1) is 0 Å². The predicted octanol–water partition coefficient (Wildman–Crippen LogP) is 3.34. The van der Waals surface area contributed by atoms with Crippen molar-refractivity contribution in [3.63, 3.8) is 0 Å². The zero-order chi connectivity index (χ0) is 13.4. The van der Waals surface area contributed by atoms with E-state index in [4.69, 9.17) is 11.6 Å². The third-order valence-electron chi connectivity index (χ3n) is 2.84. The Kier molecular flexibility index (Phi) is 8.16. The van der Waals surface area contributed by atoms with Crippen LogP contribution < -0.4 is 5.32 Å². The molecule has 2 nitrogen and oxygen atoms in total. The number of alkyl halides is 4. The predicted molar refractivity (Wildman–Crippen MR) is 63.5 cm³/mol. The Hall–Kier alpha value is -0.0000000000000000555. The zero-order valence-electron chi connectivity index (χ0n) is 10.4. The lowest BCUT2D eigenvalue weighted by Gasteiger charge is -2.30. The molecule has 0 aliphatic carbocycles. The van der Waals surface area contributed by atoms with Crippen LogP contribution in [0.2, 0.25) is 0 Å². The standard InChI is InChI=1S/C11H21ClF3NO/c1-3-10(4-2,8-12)16-6-5-7-17-9-11(13,14)15/h16H,3-9H2,1-2H3. The molecule has 0 rings (SSSR count). The largest absolute Gasteiger partial charge is 0.411 e. The second kappa shape index (κ2) is 8.16. The minimum atomic E-state index is -4.24. The average Bonchev–Trinajstić information content (AvgIpc) is 2.28. The van der Waals surface area contributed by atoms with Gasteiger partial charge in [-0.2, -0.15) is 13.2 Å². The molecule has 0 heterocycles. The van der Waals surface area contributed by atoms with E-state index in [1.54, 1.807) is 0 Å². The fourth-order valence-corrected chi connectivity index (χ4v) is 1.92. The lowest BCUT2D eigenvalue weighted by atomic mass is 9.95. The highest BCUT2D eigenvalue weighted by Gasteiger charge is 2.27. The van der Waals surface area contributed by atoms with Crippen molar-refractivity contribution in [3.05, 3.63) is 0 Å². The molecule has 104 valence electrons. The number of nitrogens with one attached hydrogen (secondary N) is 1. The molecule has 0 aliphatic rings. The lowest BCUT2D eigenvalue weighted by molar-refractivity contribution is -0.174. The van der Waals surface area contributed by atoms with Crippen LogP contribution in [-0.4, -0.2) is 37.4 Å². The first-order valence-electron chi connectivity index (χ1n) is 5.84. The van der Waals surface area contributed by atoms with Crippen LogP contribution in [0.1, 0.15) is 33.1 Å². The lowest BCUT2D eigenvalue weighted by Crippen LogP contribution is -2.46. The van der Waals surface area contributed by atoms with Crippen molar-refractivity contribution in [2.45, 2.75) is 44.8 Å². The minimum Gasteiger partial charge on any atom is -0.372 e. The SMILES string of the molecule is CCC(CC)(CCl)NCCCOCC(F)(F)F. The molecule has 0 unspecified atom stereocenters. The van der Waals surface area contributed by atoms with E-state index in [0.29, 0.717) is 18.8 Å². The second-order valence-electron chi connectivity index (χ2n) is 4.07. The summed E-state index contributed by atoms with van der Waals surface area (Å²) in [6, 6.07) is 0. The van der Waals surface area contributed by atoms with Crippen LogP contribution in [0.15, 0.2) is 0 Å². The summed E-state index contributed by atoms with van der Waals surface area (Å²) in [5.41, 5.74) is -0.106. The van der Waals surface area contributed by atoms with Gasteiger partial charge in [0.2, 0.25) is 0 Å². The van der Waals surface area contributed by atoms with Crippen molar-refractivity contribution >= 4 is 11.6 Å². The van der Waals surface area contributed by atoms with Crippen molar-refractivity contribution < 1.29 is 17.9 Å². The molecule has 0 bridgehead atoms. The van der Waals surface area contributed by atoms with Gasteiger partial charge in [0, 0.05) is 18.0 Å². The summed E-state index contributed by atoms with van der Waals surface area (Å²) < 4.78 is 39.8. The molecular weight excluding hydrogens is 255 g/mol. The molecule has 6 heteroatoms. The van der Waals surface area contributed by atoms with Crippen LogP contribution in [0.3, 0.4) is 0 Å². The van der Waals surface area contributed by atoms with Crippen LogP contribution in [0.25, 0.3) is 0 Å². The summed E-state index contributed by atoms with van der Waals surface area (Å²) in [6.07, 6.45) is -1.89. The van der Waals surface area contributed by atoms with Gasteiger partial charge in [-0.3, -0.25) is 0 Å². The Morgan fingerprint density at radius 2 is 1.76 bits per heavy atom. The van der Waals surface area contributed by atoms with Gasteiger partial charge in [-0.15, -0.1) is 11.6 Å². The number of rotatable bonds is 9. The summed E-state index contributed by atoms with van der Waals surface area (Å²) in [4.78, 5) is 0. The van der Waals surface area contributed by atoms with E-state index in [0.717, 1.165) is 12.8 Å². The Balaban J connectivity index is 3.63. The minimum absolute atomic E-state index is 0.106. The number of hydrogen-bond acceptors (Lipinski definition) is 2. The summed E-state index contributed by atoms with van der Waals surface area (Å²) in [5.74, 6) is 0.503. The smallest absolute Gasteiger partial charge is 0.372 e. The van der Waals surface area contributed by atoms with Gasteiger partial charge in [0.15, 0.2) is 0 Å². The van der Waals surface area contributed by atoms with Crippen molar-refractivity contribution in [2.75, 3.05) is 25.6 Å². The molecule has 0 aromatic carbocycles. The number of hydrogen-bond donors (Lipinski definition) is 1. The molecule has 1 N–H and O–H groups in total. The maximum atomic E-state index is 11.8. The zero-order valence-corrected chi connectivity index (χ0v) is 11.1. The van der Waals surface area contributed by atoms with Gasteiger partial charge in [0.1, 0.15) is 6.61 Å². The van der Waals surface area contributed by atoms with Crippen LogP contribution in [0.4, 0.5) is 13.2 Å². The van der Waals surface area contributed by atoms with E-state index in [1.165, 1.54) is 0 Å². The van der Waals surface area contributed by atoms with Gasteiger partial charge in [0.05, 0.1) is 0 Å². The first-order valence-corrected chi connectivity index (χ1v) is 6.38. The van der Waals surface area contributed by atoms with Crippen molar-refractivity contribution in [2.24, 2.45) is 0 Å². The van der Waals surface area contributed by atoms with Gasteiger partial charge in [-0.1, -0.05) is 13.8 Å². The summed E-state index contributed by atoms with van der Waals surface area (Å²) in [7, 11) is 0. The molecule has 0 radical (unpaired) electrons. The number of ether oxygens (including phenoxy) is 1. The first-order chi connectivity index (χ1) is 7.89. The fourth-order valence-electron chi connectivity index (χ4n) is 1.45. The summed E-state index contributed by atoms with van der Waals surface area (Å²) in [6.45, 7) is 3.64. The average molecular weight is 276 g/mol. The highest BCUT2D eigenvalue weighted by atomic mass is 35.5. The van der Waals surface area contributed by atoms with E-state index in [-0.39, 0.29) is 12.1 Å². The quantitative estimate of drug-likeness (QED) is 0.515. The fraction of sp³-hybridized carbons (Fsp3) is 1.00. The second-order valence-corrected chi connectivity index (χ2v) is 4.34. The highest BCUT2D eigenvalue weighted by Crippen LogP contribution is 2.17. The first kappa shape index (κ1) is 17.0. The van der Waals surface area contributed by atoms with E-state index >= 15 is 0 Å². The normalized spacial score (nSPS) is 13.1. The topological polar surface area (TPSA) is 21.3 Å². The van der Waals surface area contributed by atoms with E-state index in [2.05, 4.69) is 10.1 Å². The maximum absolute atomic E-state index is 11.8. The van der Waals surface area contributed by atoms with Gasteiger partial charge in [0.25, 0.3) is 0 Å².